The minimum Gasteiger partial charge on any atom is -0.505 e. The molecule has 0 aliphatic carbocycles. The van der Waals surface area contributed by atoms with Crippen LogP contribution >= 0.6 is 0 Å². The van der Waals surface area contributed by atoms with Crippen molar-refractivity contribution in [3.8, 4) is 23.0 Å². The summed E-state index contributed by atoms with van der Waals surface area (Å²) >= 11 is 0. The van der Waals surface area contributed by atoms with Gasteiger partial charge in [-0.05, 0) is 64.4 Å². The molecule has 2 aromatic carbocycles. The molecule has 21 nitrogen and oxygen atoms in total. The van der Waals surface area contributed by atoms with Crippen molar-refractivity contribution in [1.29, 1.82) is 0 Å². The maximum Gasteiger partial charge on any atom is 0.364 e. The normalized spacial score (nSPS) is 25.7. The molecule has 5 aromatic rings. The van der Waals surface area contributed by atoms with Crippen LogP contribution in [0.15, 0.2) is 61.0 Å². The van der Waals surface area contributed by atoms with Crippen LogP contribution in [0.2, 0.25) is 0 Å². The lowest BCUT2D eigenvalue weighted by Crippen LogP contribution is -2.63. The van der Waals surface area contributed by atoms with Crippen molar-refractivity contribution in [2.45, 2.75) is 95.0 Å². The van der Waals surface area contributed by atoms with Gasteiger partial charge >= 0.3 is 11.3 Å². The molecule has 9 N–H and O–H groups in total. The summed E-state index contributed by atoms with van der Waals surface area (Å²) in [6, 6.07) is 7.87. The van der Waals surface area contributed by atoms with Gasteiger partial charge in [-0.1, -0.05) is 0 Å². The zero-order valence-corrected chi connectivity index (χ0v) is 34.2. The number of aliphatic hydroxyl groups excluding tert-OH is 4. The molecule has 21 heteroatoms. The quantitative estimate of drug-likeness (QED) is 0.0906. The monoisotopic (exact) mass is 867 g/mol. The Balaban J connectivity index is 1.05. The van der Waals surface area contributed by atoms with Crippen molar-refractivity contribution in [1.82, 2.24) is 4.98 Å². The summed E-state index contributed by atoms with van der Waals surface area (Å²) in [6.07, 6.45) is -9.01. The average molecular weight is 868 g/mol. The second kappa shape index (κ2) is 16.3. The number of hydrogen-bond acceptors (Lipinski definition) is 18. The van der Waals surface area contributed by atoms with Crippen molar-refractivity contribution in [2.24, 2.45) is 0 Å². The van der Waals surface area contributed by atoms with Crippen LogP contribution in [0.4, 0.5) is 11.4 Å². The Kier molecular flexibility index (Phi) is 11.6. The Morgan fingerprint density at radius 1 is 0.677 bits per heavy atom. The summed E-state index contributed by atoms with van der Waals surface area (Å²) < 4.78 is 44.4. The fourth-order valence-corrected chi connectivity index (χ4v) is 7.70. The van der Waals surface area contributed by atoms with Crippen LogP contribution in [0.25, 0.3) is 21.9 Å². The molecule has 2 saturated heterocycles. The van der Waals surface area contributed by atoms with Gasteiger partial charge in [0.1, 0.15) is 65.0 Å². The van der Waals surface area contributed by atoms with Crippen molar-refractivity contribution < 1.29 is 77.5 Å². The van der Waals surface area contributed by atoms with Crippen LogP contribution < -0.4 is 31.4 Å². The predicted octanol–water partition coefficient (Wildman–Crippen LogP) is 1.95. The van der Waals surface area contributed by atoms with Gasteiger partial charge in [-0.2, -0.15) is 0 Å². The molecular weight excluding hydrogens is 822 g/mol. The molecule has 5 heterocycles. The molecule has 3 aromatic heterocycles. The second-order valence-electron chi connectivity index (χ2n) is 15.8. The first-order valence-corrected chi connectivity index (χ1v) is 19.0. The number of benzene rings is 2. The van der Waals surface area contributed by atoms with Crippen LogP contribution in [0.5, 0.6) is 23.0 Å². The predicted molar refractivity (Wildman–Crippen MR) is 215 cm³/mol. The highest BCUT2D eigenvalue weighted by atomic mass is 16.7. The number of carbonyl (C=O) groups excluding carboxylic acids is 2. The Bertz CT molecular complexity index is 2490. The third kappa shape index (κ3) is 7.84. The molecule has 0 bridgehead atoms. The van der Waals surface area contributed by atoms with E-state index in [1.54, 1.807) is 27.7 Å². The maximum absolute atomic E-state index is 13.4. The molecule has 2 aliphatic heterocycles. The topological polar surface area (TPSA) is 311 Å². The van der Waals surface area contributed by atoms with Crippen molar-refractivity contribution in [3.63, 3.8) is 0 Å². The summed E-state index contributed by atoms with van der Waals surface area (Å²) in [5.41, 5.74) is -6.32. The van der Waals surface area contributed by atoms with Crippen LogP contribution in [-0.2, 0) is 18.9 Å². The SMILES string of the molecule is CO[C@@H]1[C@@H](O)[C@@H](O)[C@H](Oc2ccc3c(O)c(NC(=O)c4c[nH]c(C(=O)Nc5c(O)c6ccc(O[C@@H]7OC(C)(C)[C@H](OC)[C@@H](O)[C@H]7O)cc6oc5=O)c4C)c(=O)oc3c2)OC1(C)C. The van der Waals surface area contributed by atoms with Gasteiger partial charge in [-0.15, -0.1) is 0 Å². The van der Waals surface area contributed by atoms with Gasteiger partial charge in [0.2, 0.25) is 12.6 Å². The molecule has 2 aliphatic rings. The standard InChI is InChI=1S/C41H45N3O18/c1-15-20(34(51)43-24-26(45)18-10-8-16(12-21(18)59-36(24)53)57-38-30(49)28(47)32(55-6)40(2,3)61-38)14-42-23(15)35(52)44-25-27(46)19-11-9-17(13-22(19)60-37(25)54)58-39-31(50)29(48)33(56-7)41(4,5)62-39/h8-14,28-33,38-39,42,45-50H,1-7H3,(H,43,51)(H,44,52)/t28-,29-,30+,31+,32+,33+,38+,39+/m0/s1. The number of nitrogens with one attached hydrogen (secondary N) is 3. The molecule has 2 amide bonds. The van der Waals surface area contributed by atoms with Gasteiger partial charge in [0.25, 0.3) is 11.8 Å². The van der Waals surface area contributed by atoms with E-state index in [-0.39, 0.29) is 50.3 Å². The first-order chi connectivity index (χ1) is 29.2. The van der Waals surface area contributed by atoms with E-state index in [0.29, 0.717) is 0 Å². The zero-order valence-electron chi connectivity index (χ0n) is 34.2. The number of fused-ring (bicyclic) bond motifs is 2. The Labute approximate surface area is 350 Å². The number of methoxy groups -OCH3 is 2. The van der Waals surface area contributed by atoms with E-state index in [2.05, 4.69) is 15.6 Å². The minimum absolute atomic E-state index is 0.0117. The molecule has 0 radical (unpaired) electrons. The highest BCUT2D eigenvalue weighted by Crippen LogP contribution is 2.38. The van der Waals surface area contributed by atoms with E-state index in [9.17, 15) is 49.8 Å². The van der Waals surface area contributed by atoms with Crippen LogP contribution in [0, 0.1) is 6.92 Å². The zero-order chi connectivity index (χ0) is 45.2. The van der Waals surface area contributed by atoms with E-state index < -0.39 is 106 Å². The van der Waals surface area contributed by atoms with Gasteiger partial charge in [0, 0.05) is 32.5 Å². The van der Waals surface area contributed by atoms with Crippen LogP contribution in [0.3, 0.4) is 0 Å². The van der Waals surface area contributed by atoms with Gasteiger partial charge in [-0.3, -0.25) is 9.59 Å². The number of amides is 2. The fourth-order valence-electron chi connectivity index (χ4n) is 7.70. The number of aromatic amines is 1. The minimum atomic E-state index is -1.51. The van der Waals surface area contributed by atoms with Gasteiger partial charge in [0.15, 0.2) is 22.9 Å². The summed E-state index contributed by atoms with van der Waals surface area (Å²) in [7, 11) is 2.73. The number of aromatic hydroxyl groups is 2. The molecule has 7 rings (SSSR count). The van der Waals surface area contributed by atoms with Crippen molar-refractivity contribution in [2.75, 3.05) is 24.9 Å². The number of aromatic nitrogens is 1. The van der Waals surface area contributed by atoms with E-state index >= 15 is 0 Å². The number of aliphatic hydroxyl groups is 4. The molecule has 0 saturated carbocycles. The van der Waals surface area contributed by atoms with Gasteiger partial charge in [0.05, 0.1) is 27.5 Å². The summed E-state index contributed by atoms with van der Waals surface area (Å²) in [5.74, 6) is -3.13. The first kappa shape index (κ1) is 44.0. The van der Waals surface area contributed by atoms with E-state index in [4.69, 9.17) is 37.3 Å². The van der Waals surface area contributed by atoms with Crippen molar-refractivity contribution >= 4 is 45.1 Å². The van der Waals surface area contributed by atoms with E-state index in [1.807, 2.05) is 0 Å². The molecular formula is C41H45N3O18. The number of anilines is 2. The summed E-state index contributed by atoms with van der Waals surface area (Å²) in [4.78, 5) is 55.5. The molecule has 332 valence electrons. The Morgan fingerprint density at radius 3 is 1.52 bits per heavy atom. The number of H-pyrrole nitrogens is 1. The molecule has 0 spiro atoms. The summed E-state index contributed by atoms with van der Waals surface area (Å²) in [6.45, 7) is 7.96. The number of hydrogen-bond donors (Lipinski definition) is 9. The van der Waals surface area contributed by atoms with Crippen LogP contribution in [0.1, 0.15) is 54.1 Å². The van der Waals surface area contributed by atoms with Gasteiger partial charge in [-0.25, -0.2) is 9.59 Å². The molecule has 62 heavy (non-hydrogen) atoms. The molecule has 8 atom stereocenters. The number of rotatable bonds is 10. The number of ether oxygens (including phenoxy) is 6. The highest BCUT2D eigenvalue weighted by Gasteiger charge is 2.51. The first-order valence-electron chi connectivity index (χ1n) is 19.0. The fraction of sp³-hybridized carbons (Fsp3) is 0.415. The second-order valence-corrected chi connectivity index (χ2v) is 15.8. The lowest BCUT2D eigenvalue weighted by Gasteiger charge is -2.46. The van der Waals surface area contributed by atoms with E-state index in [1.165, 1.54) is 57.5 Å². The largest absolute Gasteiger partial charge is 0.505 e. The lowest BCUT2D eigenvalue weighted by atomic mass is 9.89. The third-order valence-corrected chi connectivity index (χ3v) is 10.9. The third-order valence-electron chi connectivity index (χ3n) is 10.9. The van der Waals surface area contributed by atoms with E-state index in [0.717, 1.165) is 6.20 Å². The van der Waals surface area contributed by atoms with Gasteiger partial charge < -0.3 is 83.5 Å². The van der Waals surface area contributed by atoms with Crippen molar-refractivity contribution in [3.05, 3.63) is 80.3 Å². The Hall–Kier alpha value is -6.04. The highest BCUT2D eigenvalue weighted by molar-refractivity contribution is 6.11. The smallest absolute Gasteiger partial charge is 0.364 e. The lowest BCUT2D eigenvalue weighted by molar-refractivity contribution is -0.306. The Morgan fingerprint density at radius 2 is 1.10 bits per heavy atom. The summed E-state index contributed by atoms with van der Waals surface area (Å²) in [5, 5.41) is 68.9. The average Bonchev–Trinajstić information content (AvgIpc) is 3.59. The van der Waals surface area contributed by atoms with Crippen LogP contribution in [-0.4, -0.2) is 122 Å². The molecule has 0 unspecified atom stereocenters. The number of carbonyl (C=O) groups is 2. The maximum atomic E-state index is 13.4. The molecule has 2 fully saturated rings.